The standard InChI is InChI=1S/C37H32N4O2/c1-26(2)20-36(43)39-32-21-28(23-38-24-32)27-18-19-35-33(22-27)34(25-42)40-41(35)37(29-12-6-3-7-13-29,30-14-8-4-9-15-30)31-16-10-5-11-17-31/h3-19,21-26H,20H2,1-2H3,(H,39,43). The van der Waals surface area contributed by atoms with Gasteiger partial charge in [0, 0.05) is 23.6 Å². The number of amides is 1. The molecule has 6 heteroatoms. The SMILES string of the molecule is CC(C)CC(=O)Nc1cncc(-c2ccc3c(c2)c(C=O)nn3C(c2ccccc2)(c2ccccc2)c2ccccc2)c1. The maximum atomic E-state index is 12.5. The van der Waals surface area contributed by atoms with Gasteiger partial charge < -0.3 is 5.32 Å². The van der Waals surface area contributed by atoms with Gasteiger partial charge in [0.25, 0.3) is 0 Å². The number of benzene rings is 4. The van der Waals surface area contributed by atoms with E-state index < -0.39 is 5.54 Å². The molecule has 1 amide bonds. The molecule has 212 valence electrons. The van der Waals surface area contributed by atoms with Crippen LogP contribution in [0.5, 0.6) is 0 Å². The highest BCUT2D eigenvalue weighted by Crippen LogP contribution is 2.43. The molecule has 2 aromatic heterocycles. The van der Waals surface area contributed by atoms with Crippen LogP contribution < -0.4 is 5.32 Å². The van der Waals surface area contributed by atoms with Crippen molar-refractivity contribution in [1.82, 2.24) is 14.8 Å². The highest BCUT2D eigenvalue weighted by molar-refractivity contribution is 5.98. The minimum absolute atomic E-state index is 0.0482. The van der Waals surface area contributed by atoms with Gasteiger partial charge in [-0.1, -0.05) is 111 Å². The van der Waals surface area contributed by atoms with E-state index in [2.05, 4.69) is 46.7 Å². The van der Waals surface area contributed by atoms with E-state index in [1.54, 1.807) is 12.4 Å². The third kappa shape index (κ3) is 5.24. The number of nitrogens with zero attached hydrogens (tertiary/aromatic N) is 3. The summed E-state index contributed by atoms with van der Waals surface area (Å²) in [6.07, 6.45) is 4.65. The Morgan fingerprint density at radius 1 is 0.791 bits per heavy atom. The number of fused-ring (bicyclic) bond motifs is 1. The quantitative estimate of drug-likeness (QED) is 0.144. The molecule has 0 saturated heterocycles. The lowest BCUT2D eigenvalue weighted by molar-refractivity contribution is -0.116. The Morgan fingerprint density at radius 3 is 1.91 bits per heavy atom. The lowest BCUT2D eigenvalue weighted by Gasteiger charge is -2.37. The van der Waals surface area contributed by atoms with E-state index >= 15 is 0 Å². The van der Waals surface area contributed by atoms with Crippen LogP contribution in [0.2, 0.25) is 0 Å². The van der Waals surface area contributed by atoms with Crippen LogP contribution in [-0.2, 0) is 10.3 Å². The van der Waals surface area contributed by atoms with Gasteiger partial charge in [0.05, 0.1) is 17.4 Å². The molecule has 43 heavy (non-hydrogen) atoms. The number of carbonyl (C=O) groups is 2. The van der Waals surface area contributed by atoms with Crippen LogP contribution in [0.15, 0.2) is 128 Å². The van der Waals surface area contributed by atoms with Gasteiger partial charge in [-0.15, -0.1) is 0 Å². The second kappa shape index (κ2) is 11.9. The van der Waals surface area contributed by atoms with Gasteiger partial charge in [0.15, 0.2) is 6.29 Å². The Hall–Kier alpha value is -5.36. The molecule has 0 saturated carbocycles. The van der Waals surface area contributed by atoms with Crippen LogP contribution in [0.1, 0.15) is 47.4 Å². The van der Waals surface area contributed by atoms with Gasteiger partial charge in [0.2, 0.25) is 5.91 Å². The molecule has 0 unspecified atom stereocenters. The van der Waals surface area contributed by atoms with E-state index in [0.717, 1.165) is 45.0 Å². The largest absolute Gasteiger partial charge is 0.325 e. The smallest absolute Gasteiger partial charge is 0.224 e. The molecule has 0 radical (unpaired) electrons. The number of nitrogens with one attached hydrogen (secondary N) is 1. The monoisotopic (exact) mass is 564 g/mol. The first kappa shape index (κ1) is 27.8. The van der Waals surface area contributed by atoms with Crippen molar-refractivity contribution in [1.29, 1.82) is 0 Å². The molecule has 2 heterocycles. The number of anilines is 1. The summed E-state index contributed by atoms with van der Waals surface area (Å²) < 4.78 is 1.98. The Bertz CT molecular complexity index is 1780. The molecule has 0 aliphatic carbocycles. The van der Waals surface area contributed by atoms with Gasteiger partial charge in [-0.3, -0.25) is 14.6 Å². The number of aromatic nitrogens is 3. The minimum atomic E-state index is -0.854. The summed E-state index contributed by atoms with van der Waals surface area (Å²) in [5, 5.41) is 8.68. The average Bonchev–Trinajstić information content (AvgIpc) is 3.41. The Balaban J connectivity index is 1.56. The molecular weight excluding hydrogens is 532 g/mol. The lowest BCUT2D eigenvalue weighted by atomic mass is 9.77. The second-order valence-electron chi connectivity index (χ2n) is 11.1. The normalized spacial score (nSPS) is 11.5. The molecule has 0 aliphatic rings. The maximum absolute atomic E-state index is 12.5. The summed E-state index contributed by atoms with van der Waals surface area (Å²) in [5.41, 5.74) is 5.70. The number of rotatable bonds is 9. The fourth-order valence-electron chi connectivity index (χ4n) is 5.82. The lowest BCUT2D eigenvalue weighted by Crippen LogP contribution is -2.38. The summed E-state index contributed by atoms with van der Waals surface area (Å²) in [4.78, 5) is 29.3. The van der Waals surface area contributed by atoms with Crippen LogP contribution in [0.4, 0.5) is 5.69 Å². The molecule has 6 nitrogen and oxygen atoms in total. The summed E-state index contributed by atoms with van der Waals surface area (Å²) >= 11 is 0. The van der Waals surface area contributed by atoms with Crippen molar-refractivity contribution in [2.24, 2.45) is 5.92 Å². The first-order valence-corrected chi connectivity index (χ1v) is 14.4. The number of hydrogen-bond acceptors (Lipinski definition) is 4. The summed E-state index contributed by atoms with van der Waals surface area (Å²) in [5.74, 6) is 0.208. The van der Waals surface area contributed by atoms with Crippen LogP contribution in [-0.4, -0.2) is 27.0 Å². The highest BCUT2D eigenvalue weighted by Gasteiger charge is 2.40. The van der Waals surface area contributed by atoms with Crippen molar-refractivity contribution in [3.05, 3.63) is 150 Å². The first-order valence-electron chi connectivity index (χ1n) is 14.4. The van der Waals surface area contributed by atoms with E-state index in [-0.39, 0.29) is 11.8 Å². The maximum Gasteiger partial charge on any atom is 0.224 e. The first-order chi connectivity index (χ1) is 21.0. The summed E-state index contributed by atoms with van der Waals surface area (Å²) in [6, 6.07) is 38.7. The van der Waals surface area contributed by atoms with Crippen molar-refractivity contribution < 1.29 is 9.59 Å². The van der Waals surface area contributed by atoms with Crippen molar-refractivity contribution in [2.45, 2.75) is 25.8 Å². The van der Waals surface area contributed by atoms with Gasteiger partial charge >= 0.3 is 0 Å². The number of hydrogen-bond donors (Lipinski definition) is 1. The van der Waals surface area contributed by atoms with Crippen molar-refractivity contribution in [3.63, 3.8) is 0 Å². The molecule has 0 spiro atoms. The van der Waals surface area contributed by atoms with Gasteiger partial charge in [-0.05, 0) is 46.4 Å². The van der Waals surface area contributed by atoms with Crippen LogP contribution in [0, 0.1) is 5.92 Å². The third-order valence-corrected chi connectivity index (χ3v) is 7.66. The van der Waals surface area contributed by atoms with E-state index in [0.29, 0.717) is 17.8 Å². The zero-order valence-electron chi connectivity index (χ0n) is 24.1. The molecule has 6 aromatic rings. The molecule has 0 bridgehead atoms. The molecule has 0 fully saturated rings. The van der Waals surface area contributed by atoms with Gasteiger partial charge in [-0.25, -0.2) is 4.68 Å². The molecular formula is C37H32N4O2. The molecule has 1 N–H and O–H groups in total. The number of aldehydes is 1. The molecule has 6 rings (SSSR count). The van der Waals surface area contributed by atoms with Crippen LogP contribution in [0.3, 0.4) is 0 Å². The second-order valence-corrected chi connectivity index (χ2v) is 11.1. The Labute approximate surface area is 251 Å². The zero-order chi connectivity index (χ0) is 29.8. The van der Waals surface area contributed by atoms with E-state index in [9.17, 15) is 9.59 Å². The predicted molar refractivity (Wildman–Crippen MR) is 171 cm³/mol. The number of pyridine rings is 1. The van der Waals surface area contributed by atoms with Gasteiger partial charge in [-0.2, -0.15) is 5.10 Å². The average molecular weight is 565 g/mol. The summed E-state index contributed by atoms with van der Waals surface area (Å²) in [6.45, 7) is 4.02. The van der Waals surface area contributed by atoms with Crippen LogP contribution >= 0.6 is 0 Å². The van der Waals surface area contributed by atoms with E-state index in [1.165, 1.54) is 0 Å². The van der Waals surface area contributed by atoms with Crippen molar-refractivity contribution in [2.75, 3.05) is 5.32 Å². The topological polar surface area (TPSA) is 76.9 Å². The van der Waals surface area contributed by atoms with Crippen molar-refractivity contribution in [3.8, 4) is 11.1 Å². The van der Waals surface area contributed by atoms with E-state index in [4.69, 9.17) is 5.10 Å². The van der Waals surface area contributed by atoms with E-state index in [1.807, 2.05) is 97.4 Å². The van der Waals surface area contributed by atoms with Gasteiger partial charge in [0.1, 0.15) is 11.2 Å². The van der Waals surface area contributed by atoms with Crippen molar-refractivity contribution >= 4 is 28.8 Å². The number of carbonyl (C=O) groups excluding carboxylic acids is 2. The summed E-state index contributed by atoms with van der Waals surface area (Å²) in [7, 11) is 0. The third-order valence-electron chi connectivity index (χ3n) is 7.66. The minimum Gasteiger partial charge on any atom is -0.325 e. The molecule has 0 aliphatic heterocycles. The zero-order valence-corrected chi connectivity index (χ0v) is 24.1. The highest BCUT2D eigenvalue weighted by atomic mass is 16.1. The predicted octanol–water partition coefficient (Wildman–Crippen LogP) is 7.74. The fraction of sp³-hybridized carbons (Fsp3) is 0.135. The van der Waals surface area contributed by atoms with Crippen LogP contribution in [0.25, 0.3) is 22.0 Å². The fourth-order valence-corrected chi connectivity index (χ4v) is 5.82. The Kier molecular flexibility index (Phi) is 7.67. The molecule has 4 aromatic carbocycles. The molecule has 0 atom stereocenters. The Morgan fingerprint density at radius 2 is 1.37 bits per heavy atom.